The molecule has 0 radical (unpaired) electrons. The number of rotatable bonds is 8. The van der Waals surface area contributed by atoms with Crippen LogP contribution in [0.1, 0.15) is 11.1 Å². The summed E-state index contributed by atoms with van der Waals surface area (Å²) in [5.74, 6) is 1.12. The monoisotopic (exact) mass is 517 g/mol. The van der Waals surface area contributed by atoms with Crippen LogP contribution in [-0.2, 0) is 6.61 Å². The van der Waals surface area contributed by atoms with Crippen LogP contribution >= 0.6 is 46.1 Å². The van der Waals surface area contributed by atoms with Gasteiger partial charge in [-0.2, -0.15) is 5.10 Å². The van der Waals surface area contributed by atoms with Crippen LogP contribution in [0.3, 0.4) is 0 Å². The molecular formula is C24H18Cl3N3O2S. The van der Waals surface area contributed by atoms with Crippen molar-refractivity contribution in [1.82, 2.24) is 4.98 Å². The van der Waals surface area contributed by atoms with Crippen molar-refractivity contribution < 1.29 is 9.47 Å². The SMILES string of the molecule is COc1ccc(C=NNc2nc(-c3ccccc3)cs2)cc1COc1cc(Cl)c(Cl)cc1Cl. The number of benzene rings is 3. The number of ether oxygens (including phenoxy) is 2. The number of thiazole rings is 1. The average Bonchev–Trinajstić information content (AvgIpc) is 3.30. The Labute approximate surface area is 210 Å². The Kier molecular flexibility index (Phi) is 7.73. The van der Waals surface area contributed by atoms with Gasteiger partial charge in [-0.25, -0.2) is 4.98 Å². The zero-order chi connectivity index (χ0) is 23.2. The molecule has 4 rings (SSSR count). The molecule has 4 aromatic rings. The van der Waals surface area contributed by atoms with Gasteiger partial charge in [-0.1, -0.05) is 65.1 Å². The Balaban J connectivity index is 1.44. The number of hydrogen-bond acceptors (Lipinski definition) is 6. The summed E-state index contributed by atoms with van der Waals surface area (Å²) in [6.07, 6.45) is 1.71. The predicted octanol–water partition coefficient (Wildman–Crippen LogP) is 7.80. The van der Waals surface area contributed by atoms with Gasteiger partial charge in [-0.3, -0.25) is 5.43 Å². The van der Waals surface area contributed by atoms with E-state index in [0.29, 0.717) is 31.7 Å². The van der Waals surface area contributed by atoms with Crippen LogP contribution in [0.2, 0.25) is 15.1 Å². The molecule has 0 fully saturated rings. The van der Waals surface area contributed by atoms with Crippen LogP contribution in [0.4, 0.5) is 5.13 Å². The Morgan fingerprint density at radius 2 is 1.76 bits per heavy atom. The number of halogens is 3. The quantitative estimate of drug-likeness (QED) is 0.147. The van der Waals surface area contributed by atoms with Crippen LogP contribution < -0.4 is 14.9 Å². The van der Waals surface area contributed by atoms with Crippen molar-refractivity contribution >= 4 is 57.5 Å². The maximum atomic E-state index is 6.21. The van der Waals surface area contributed by atoms with Gasteiger partial charge < -0.3 is 9.47 Å². The van der Waals surface area contributed by atoms with E-state index in [1.165, 1.54) is 11.3 Å². The molecule has 0 spiro atoms. The van der Waals surface area contributed by atoms with E-state index in [2.05, 4.69) is 15.5 Å². The van der Waals surface area contributed by atoms with Gasteiger partial charge in [0.15, 0.2) is 0 Å². The molecule has 0 aliphatic rings. The number of nitrogens with one attached hydrogen (secondary N) is 1. The van der Waals surface area contributed by atoms with Gasteiger partial charge >= 0.3 is 0 Å². The van der Waals surface area contributed by atoms with Gasteiger partial charge in [-0.15, -0.1) is 11.3 Å². The van der Waals surface area contributed by atoms with E-state index < -0.39 is 0 Å². The van der Waals surface area contributed by atoms with Crippen molar-refractivity contribution in [3.05, 3.63) is 92.2 Å². The first-order valence-corrected chi connectivity index (χ1v) is 11.8. The van der Waals surface area contributed by atoms with E-state index >= 15 is 0 Å². The zero-order valence-electron chi connectivity index (χ0n) is 17.4. The molecule has 0 saturated heterocycles. The number of nitrogens with zero attached hydrogens (tertiary/aromatic N) is 2. The number of anilines is 1. The van der Waals surface area contributed by atoms with E-state index in [-0.39, 0.29) is 6.61 Å². The first-order chi connectivity index (χ1) is 16.0. The highest BCUT2D eigenvalue weighted by atomic mass is 35.5. The molecule has 0 unspecified atom stereocenters. The molecule has 0 saturated carbocycles. The number of methoxy groups -OCH3 is 1. The van der Waals surface area contributed by atoms with E-state index in [9.17, 15) is 0 Å². The summed E-state index contributed by atoms with van der Waals surface area (Å²) in [7, 11) is 1.60. The van der Waals surface area contributed by atoms with Crippen LogP contribution in [0.15, 0.2) is 71.1 Å². The van der Waals surface area contributed by atoms with Crippen LogP contribution in [-0.4, -0.2) is 18.3 Å². The Morgan fingerprint density at radius 1 is 0.970 bits per heavy atom. The van der Waals surface area contributed by atoms with Gasteiger partial charge in [0.1, 0.15) is 18.1 Å². The zero-order valence-corrected chi connectivity index (χ0v) is 20.5. The van der Waals surface area contributed by atoms with E-state index in [1.807, 2.05) is 53.9 Å². The van der Waals surface area contributed by atoms with Gasteiger partial charge in [0.25, 0.3) is 0 Å². The molecule has 1 heterocycles. The summed E-state index contributed by atoms with van der Waals surface area (Å²) < 4.78 is 11.3. The number of hydrogen-bond donors (Lipinski definition) is 1. The van der Waals surface area contributed by atoms with E-state index in [0.717, 1.165) is 22.4 Å². The summed E-state index contributed by atoms with van der Waals surface area (Å²) in [6.45, 7) is 0.225. The highest BCUT2D eigenvalue weighted by Crippen LogP contribution is 2.34. The van der Waals surface area contributed by atoms with Gasteiger partial charge in [0.2, 0.25) is 5.13 Å². The normalized spacial score (nSPS) is 11.0. The molecule has 9 heteroatoms. The maximum absolute atomic E-state index is 6.21. The second-order valence-electron chi connectivity index (χ2n) is 6.83. The second kappa shape index (κ2) is 10.9. The molecule has 3 aromatic carbocycles. The summed E-state index contributed by atoms with van der Waals surface area (Å²) in [4.78, 5) is 4.56. The Bertz CT molecular complexity index is 1280. The predicted molar refractivity (Wildman–Crippen MR) is 138 cm³/mol. The maximum Gasteiger partial charge on any atom is 0.203 e. The highest BCUT2D eigenvalue weighted by molar-refractivity contribution is 7.14. The minimum Gasteiger partial charge on any atom is -0.496 e. The van der Waals surface area contributed by atoms with E-state index in [4.69, 9.17) is 44.3 Å². The molecule has 0 amide bonds. The highest BCUT2D eigenvalue weighted by Gasteiger charge is 2.10. The first-order valence-electron chi connectivity index (χ1n) is 9.78. The lowest BCUT2D eigenvalue weighted by Gasteiger charge is -2.12. The minimum absolute atomic E-state index is 0.225. The lowest BCUT2D eigenvalue weighted by Crippen LogP contribution is -2.01. The minimum atomic E-state index is 0.225. The summed E-state index contributed by atoms with van der Waals surface area (Å²) in [6, 6.07) is 18.8. The van der Waals surface area contributed by atoms with Gasteiger partial charge in [0, 0.05) is 22.6 Å². The fourth-order valence-electron chi connectivity index (χ4n) is 2.99. The third-order valence-electron chi connectivity index (χ3n) is 4.61. The smallest absolute Gasteiger partial charge is 0.203 e. The molecule has 0 aliphatic heterocycles. The summed E-state index contributed by atoms with van der Waals surface area (Å²) >= 11 is 19.7. The third kappa shape index (κ3) is 5.97. The van der Waals surface area contributed by atoms with Crippen LogP contribution in [0.5, 0.6) is 11.5 Å². The van der Waals surface area contributed by atoms with Crippen molar-refractivity contribution in [1.29, 1.82) is 0 Å². The summed E-state index contributed by atoms with van der Waals surface area (Å²) in [5.41, 5.74) is 6.63. The molecule has 1 N–H and O–H groups in total. The van der Waals surface area contributed by atoms with Gasteiger partial charge in [0.05, 0.1) is 34.1 Å². The Hall–Kier alpha value is -2.77. The van der Waals surface area contributed by atoms with Gasteiger partial charge in [-0.05, 0) is 29.8 Å². The van der Waals surface area contributed by atoms with E-state index in [1.54, 1.807) is 25.5 Å². The molecule has 0 bridgehead atoms. The lowest BCUT2D eigenvalue weighted by molar-refractivity contribution is 0.297. The molecule has 1 aromatic heterocycles. The van der Waals surface area contributed by atoms with Crippen LogP contribution in [0, 0.1) is 0 Å². The van der Waals surface area contributed by atoms with Crippen LogP contribution in [0.25, 0.3) is 11.3 Å². The Morgan fingerprint density at radius 3 is 2.55 bits per heavy atom. The lowest BCUT2D eigenvalue weighted by atomic mass is 10.1. The molecular weight excluding hydrogens is 501 g/mol. The standard InChI is InChI=1S/C24H18Cl3N3O2S/c1-31-22-8-7-15(9-17(22)13-32-23-11-19(26)18(25)10-20(23)27)12-28-30-24-29-21(14-33-24)16-5-3-2-4-6-16/h2-12,14H,13H2,1H3,(H,29,30). The van der Waals surface area contributed by atoms with Crippen molar-refractivity contribution in [2.45, 2.75) is 6.61 Å². The molecule has 0 aliphatic carbocycles. The average molecular weight is 519 g/mol. The van der Waals surface area contributed by atoms with Crippen molar-refractivity contribution in [3.8, 4) is 22.8 Å². The van der Waals surface area contributed by atoms with Crippen molar-refractivity contribution in [2.24, 2.45) is 5.10 Å². The first kappa shape index (κ1) is 23.4. The number of hydrazone groups is 1. The molecule has 33 heavy (non-hydrogen) atoms. The number of aromatic nitrogens is 1. The summed E-state index contributed by atoms with van der Waals surface area (Å²) in [5, 5.41) is 8.12. The second-order valence-corrected chi connectivity index (χ2v) is 8.91. The molecule has 5 nitrogen and oxygen atoms in total. The topological polar surface area (TPSA) is 55.7 Å². The third-order valence-corrected chi connectivity index (χ3v) is 6.37. The fourth-order valence-corrected chi connectivity index (χ4v) is 4.25. The van der Waals surface area contributed by atoms with Crippen molar-refractivity contribution in [3.63, 3.8) is 0 Å². The van der Waals surface area contributed by atoms with Crippen molar-refractivity contribution in [2.75, 3.05) is 12.5 Å². The fraction of sp³-hybridized carbons (Fsp3) is 0.0833. The molecule has 0 atom stereocenters. The largest absolute Gasteiger partial charge is 0.496 e. The molecule has 168 valence electrons.